The Morgan fingerprint density at radius 2 is 1.92 bits per heavy atom. The molecule has 0 saturated carbocycles. The van der Waals surface area contributed by atoms with Crippen LogP contribution in [-0.4, -0.2) is 70.6 Å². The second-order valence-corrected chi connectivity index (χ2v) is 9.67. The molecule has 10 heteroatoms. The summed E-state index contributed by atoms with van der Waals surface area (Å²) in [5, 5.41) is 25.1. The van der Waals surface area contributed by atoms with Crippen LogP contribution in [0.5, 0.6) is 0 Å². The van der Waals surface area contributed by atoms with Gasteiger partial charge in [0.05, 0.1) is 42.3 Å². The van der Waals surface area contributed by atoms with Crippen LogP contribution >= 0.6 is 0 Å². The summed E-state index contributed by atoms with van der Waals surface area (Å²) < 4.78 is 5.31. The molecule has 1 fully saturated rings. The summed E-state index contributed by atoms with van der Waals surface area (Å²) in [6.07, 6.45) is 0.815. The largest absolute Gasteiger partial charge is 0.394 e. The van der Waals surface area contributed by atoms with Crippen LogP contribution in [0.15, 0.2) is 42.5 Å². The molecule has 194 valence electrons. The molecule has 1 saturated heterocycles. The molecule has 5 rings (SSSR count). The van der Waals surface area contributed by atoms with E-state index in [0.717, 1.165) is 17.5 Å². The number of morpholine rings is 1. The van der Waals surface area contributed by atoms with Crippen LogP contribution in [0.4, 0.5) is 10.5 Å². The number of carbonyl (C=O) groups excluding carboxylic acids is 2. The third kappa shape index (κ3) is 5.01. The zero-order valence-electron chi connectivity index (χ0n) is 21.1. The van der Waals surface area contributed by atoms with Crippen LogP contribution < -0.4 is 16.1 Å². The number of aromatic amines is 1. The number of H-pyrrole nitrogens is 1. The average molecular weight is 505 g/mol. The number of amides is 2. The number of ketones is 1. The normalized spacial score (nSPS) is 16.7. The number of ether oxygens (including phenoxy) is 1. The van der Waals surface area contributed by atoms with Crippen LogP contribution in [0.25, 0.3) is 22.5 Å². The molecule has 1 aliphatic carbocycles. The lowest BCUT2D eigenvalue weighted by Crippen LogP contribution is -2.49. The quantitative estimate of drug-likeness (QED) is 0.249. The van der Waals surface area contributed by atoms with Crippen LogP contribution in [0.3, 0.4) is 0 Å². The predicted molar refractivity (Wildman–Crippen MR) is 140 cm³/mol. The summed E-state index contributed by atoms with van der Waals surface area (Å²) >= 11 is 0. The number of rotatable bonds is 8. The summed E-state index contributed by atoms with van der Waals surface area (Å²) in [7, 11) is 0. The Bertz CT molecular complexity index is 1290. The topological polar surface area (TPSA) is 132 Å². The van der Waals surface area contributed by atoms with Crippen molar-refractivity contribution in [2.24, 2.45) is 0 Å². The molecule has 2 aromatic carbocycles. The number of anilines is 1. The van der Waals surface area contributed by atoms with Crippen molar-refractivity contribution in [3.05, 3.63) is 59.2 Å². The molecule has 1 aliphatic heterocycles. The van der Waals surface area contributed by atoms with Crippen LogP contribution in [0, 0.1) is 0 Å². The van der Waals surface area contributed by atoms with Gasteiger partial charge in [-0.3, -0.25) is 15.3 Å². The molecule has 2 amide bonds. The fourth-order valence-electron chi connectivity index (χ4n) is 4.56. The van der Waals surface area contributed by atoms with Crippen molar-refractivity contribution in [3.63, 3.8) is 0 Å². The number of hydrogen-bond donors (Lipinski definition) is 5. The Hall–Kier alpha value is -3.57. The number of aromatic nitrogens is 2. The SMILES string of the molecule is CCC(C)(CO)NCc1ccc(-c2n[nH]c3c2C(=O)c2c(NC(=O)NN4CCOCC4)cccc2-3)cc1. The summed E-state index contributed by atoms with van der Waals surface area (Å²) in [5.41, 5.74) is 7.72. The Kier molecular flexibility index (Phi) is 7.07. The molecule has 0 spiro atoms. The monoisotopic (exact) mass is 504 g/mol. The van der Waals surface area contributed by atoms with Gasteiger partial charge >= 0.3 is 6.03 Å². The van der Waals surface area contributed by atoms with E-state index in [9.17, 15) is 14.7 Å². The van der Waals surface area contributed by atoms with E-state index < -0.39 is 6.03 Å². The highest BCUT2D eigenvalue weighted by atomic mass is 16.5. The molecule has 5 N–H and O–H groups in total. The first-order chi connectivity index (χ1) is 17.9. The van der Waals surface area contributed by atoms with Gasteiger partial charge in [0.15, 0.2) is 5.78 Å². The minimum absolute atomic E-state index is 0.0649. The molecule has 2 aliphatic rings. The lowest BCUT2D eigenvalue weighted by atomic mass is 9.99. The van der Waals surface area contributed by atoms with Crippen molar-refractivity contribution < 1.29 is 19.4 Å². The fraction of sp³-hybridized carbons (Fsp3) is 0.370. The fourth-order valence-corrected chi connectivity index (χ4v) is 4.56. The summed E-state index contributed by atoms with van der Waals surface area (Å²) in [4.78, 5) is 26.2. The maximum atomic E-state index is 13.6. The van der Waals surface area contributed by atoms with Gasteiger partial charge in [0.2, 0.25) is 0 Å². The predicted octanol–water partition coefficient (Wildman–Crippen LogP) is 2.91. The summed E-state index contributed by atoms with van der Waals surface area (Å²) in [5.74, 6) is -0.177. The van der Waals surface area contributed by atoms with E-state index in [0.29, 0.717) is 66.6 Å². The molecule has 3 aromatic rings. The van der Waals surface area contributed by atoms with Crippen LogP contribution in [-0.2, 0) is 11.3 Å². The lowest BCUT2D eigenvalue weighted by molar-refractivity contribution is 0.0207. The number of benzene rings is 2. The van der Waals surface area contributed by atoms with E-state index in [1.807, 2.05) is 50.2 Å². The number of carbonyl (C=O) groups is 2. The van der Waals surface area contributed by atoms with Gasteiger partial charge in [-0.25, -0.2) is 9.80 Å². The van der Waals surface area contributed by atoms with E-state index in [1.165, 1.54) is 0 Å². The van der Waals surface area contributed by atoms with Gasteiger partial charge < -0.3 is 20.5 Å². The highest BCUT2D eigenvalue weighted by Crippen LogP contribution is 2.42. The maximum absolute atomic E-state index is 13.6. The van der Waals surface area contributed by atoms with E-state index in [1.54, 1.807) is 11.1 Å². The zero-order chi connectivity index (χ0) is 26.0. The third-order valence-electron chi connectivity index (χ3n) is 7.15. The van der Waals surface area contributed by atoms with Gasteiger partial charge in [-0.05, 0) is 25.0 Å². The first kappa shape index (κ1) is 25.1. The molecule has 0 bridgehead atoms. The van der Waals surface area contributed by atoms with Crippen LogP contribution in [0.1, 0.15) is 41.8 Å². The van der Waals surface area contributed by atoms with Crippen molar-refractivity contribution in [1.29, 1.82) is 0 Å². The van der Waals surface area contributed by atoms with E-state index in [4.69, 9.17) is 4.74 Å². The molecule has 10 nitrogen and oxygen atoms in total. The Morgan fingerprint density at radius 3 is 2.62 bits per heavy atom. The van der Waals surface area contributed by atoms with Gasteiger partial charge in [0.1, 0.15) is 5.69 Å². The Morgan fingerprint density at radius 1 is 1.16 bits per heavy atom. The van der Waals surface area contributed by atoms with Crippen LogP contribution in [0.2, 0.25) is 0 Å². The lowest BCUT2D eigenvalue weighted by Gasteiger charge is -2.27. The van der Waals surface area contributed by atoms with Gasteiger partial charge in [0, 0.05) is 36.3 Å². The van der Waals surface area contributed by atoms with E-state index in [-0.39, 0.29) is 17.9 Å². The second kappa shape index (κ2) is 10.4. The molecular weight excluding hydrogens is 472 g/mol. The standard InChI is InChI=1S/C27H32N6O4/c1-3-27(2,16-34)28-15-17-7-9-18(10-8-17)23-22-24(31-30-23)19-5-4-6-20(21(19)25(22)35)29-26(36)32-33-11-13-37-14-12-33/h4-10,28,34H,3,11-16H2,1-2H3,(H,30,31)(H2,29,32,36). The molecule has 1 atom stereocenters. The van der Waals surface area contributed by atoms with Gasteiger partial charge in [0.25, 0.3) is 0 Å². The van der Waals surface area contributed by atoms with Gasteiger partial charge in [-0.2, -0.15) is 5.10 Å². The number of nitrogens with zero attached hydrogens (tertiary/aromatic N) is 2. The first-order valence-electron chi connectivity index (χ1n) is 12.5. The van der Waals surface area contributed by atoms with Crippen molar-refractivity contribution in [1.82, 2.24) is 25.9 Å². The molecule has 37 heavy (non-hydrogen) atoms. The number of hydrazine groups is 1. The maximum Gasteiger partial charge on any atom is 0.333 e. The minimum Gasteiger partial charge on any atom is -0.394 e. The highest BCUT2D eigenvalue weighted by molar-refractivity contribution is 6.26. The number of aliphatic hydroxyl groups is 1. The smallest absolute Gasteiger partial charge is 0.333 e. The van der Waals surface area contributed by atoms with Gasteiger partial charge in [-0.1, -0.05) is 43.3 Å². The highest BCUT2D eigenvalue weighted by Gasteiger charge is 2.35. The summed E-state index contributed by atoms with van der Waals surface area (Å²) in [6.45, 7) is 7.04. The van der Waals surface area contributed by atoms with Crippen molar-refractivity contribution in [3.8, 4) is 22.5 Å². The van der Waals surface area contributed by atoms with Crippen molar-refractivity contribution >= 4 is 17.5 Å². The van der Waals surface area contributed by atoms with Crippen molar-refractivity contribution in [2.75, 3.05) is 38.2 Å². The molecule has 1 aromatic heterocycles. The number of hydrogen-bond acceptors (Lipinski definition) is 7. The minimum atomic E-state index is -0.401. The second-order valence-electron chi connectivity index (χ2n) is 9.67. The Labute approximate surface area is 215 Å². The molecule has 2 heterocycles. The van der Waals surface area contributed by atoms with E-state index in [2.05, 4.69) is 26.3 Å². The van der Waals surface area contributed by atoms with E-state index >= 15 is 0 Å². The molecular formula is C27H32N6O4. The molecule has 0 radical (unpaired) electrons. The summed E-state index contributed by atoms with van der Waals surface area (Å²) in [6, 6.07) is 12.9. The first-order valence-corrected chi connectivity index (χ1v) is 12.5. The number of nitrogens with one attached hydrogen (secondary N) is 4. The van der Waals surface area contributed by atoms with Crippen molar-refractivity contribution in [2.45, 2.75) is 32.4 Å². The number of urea groups is 1. The third-order valence-corrected chi connectivity index (χ3v) is 7.15. The van der Waals surface area contributed by atoms with Gasteiger partial charge in [-0.15, -0.1) is 0 Å². The Balaban J connectivity index is 1.34. The average Bonchev–Trinajstić information content (AvgIpc) is 3.48. The number of aliphatic hydroxyl groups excluding tert-OH is 1. The number of fused-ring (bicyclic) bond motifs is 3. The zero-order valence-corrected chi connectivity index (χ0v) is 21.1. The molecule has 1 unspecified atom stereocenters.